The van der Waals surface area contributed by atoms with Gasteiger partial charge in [0.2, 0.25) is 10.0 Å². The molecule has 1 aliphatic heterocycles. The van der Waals surface area contributed by atoms with Crippen molar-refractivity contribution >= 4 is 31.8 Å². The Kier molecular flexibility index (Phi) is 4.15. The second-order valence-corrected chi connectivity index (χ2v) is 12.8. The molecule has 2 bridgehead atoms. The Balaban J connectivity index is 1.59. The quantitative estimate of drug-likeness (QED) is 0.697. The van der Waals surface area contributed by atoms with Crippen LogP contribution in [0.1, 0.15) is 38.7 Å². The number of carbonyl (C=O) groups is 1. The molecule has 28 heavy (non-hydrogen) atoms. The third-order valence-electron chi connectivity index (χ3n) is 7.35. The zero-order chi connectivity index (χ0) is 20.5. The largest absolute Gasteiger partial charge is 0.269 e. The molecular weight excluding hydrogens is 398 g/mol. The van der Waals surface area contributed by atoms with Gasteiger partial charge < -0.3 is 0 Å². The molecule has 2 saturated carbocycles. The minimum absolute atomic E-state index is 0.0524. The molecule has 1 spiro atoms. The molecule has 0 unspecified atom stereocenters. The van der Waals surface area contributed by atoms with Crippen LogP contribution in [0, 0.1) is 16.7 Å². The predicted molar refractivity (Wildman–Crippen MR) is 107 cm³/mol. The molecule has 2 aliphatic carbocycles. The van der Waals surface area contributed by atoms with Crippen molar-refractivity contribution < 1.29 is 21.6 Å². The zero-order valence-electron chi connectivity index (χ0n) is 16.3. The summed E-state index contributed by atoms with van der Waals surface area (Å²) in [5, 5.41) is 0. The van der Waals surface area contributed by atoms with Gasteiger partial charge in [0.05, 0.1) is 16.7 Å². The molecule has 8 heteroatoms. The highest BCUT2D eigenvalue weighted by atomic mass is 32.2. The molecule has 1 aromatic carbocycles. The van der Waals surface area contributed by atoms with E-state index in [0.717, 1.165) is 29.8 Å². The van der Waals surface area contributed by atoms with Gasteiger partial charge in [-0.1, -0.05) is 26.0 Å². The molecule has 6 nitrogen and oxygen atoms in total. The molecular formula is C20H25NO5S2. The molecule has 0 N–H and O–H groups in total. The van der Waals surface area contributed by atoms with Crippen LogP contribution in [0.3, 0.4) is 0 Å². The molecule has 0 aromatic heterocycles. The summed E-state index contributed by atoms with van der Waals surface area (Å²) in [5.74, 6) is -0.00944. The van der Waals surface area contributed by atoms with Crippen molar-refractivity contribution in [1.29, 1.82) is 0 Å². The van der Waals surface area contributed by atoms with Crippen molar-refractivity contribution in [2.45, 2.75) is 44.0 Å². The van der Waals surface area contributed by atoms with Crippen LogP contribution in [0.4, 0.5) is 0 Å². The Morgan fingerprint density at radius 3 is 2.43 bits per heavy atom. The van der Waals surface area contributed by atoms with E-state index in [4.69, 9.17) is 0 Å². The highest BCUT2D eigenvalue weighted by Crippen LogP contribution is 2.69. The number of benzene rings is 1. The van der Waals surface area contributed by atoms with Gasteiger partial charge >= 0.3 is 0 Å². The molecule has 3 atom stereocenters. The first-order valence-corrected chi connectivity index (χ1v) is 12.9. The van der Waals surface area contributed by atoms with Crippen LogP contribution < -0.4 is 0 Å². The lowest BCUT2D eigenvalue weighted by atomic mass is 9.69. The van der Waals surface area contributed by atoms with E-state index in [1.165, 1.54) is 24.3 Å². The van der Waals surface area contributed by atoms with E-state index >= 15 is 0 Å². The highest BCUT2D eigenvalue weighted by Gasteiger charge is 2.72. The van der Waals surface area contributed by atoms with Crippen LogP contribution >= 0.6 is 0 Å². The number of amides is 1. The Bertz CT molecular complexity index is 1070. The fraction of sp³-hybridized carbons (Fsp3) is 0.550. The highest BCUT2D eigenvalue weighted by molar-refractivity contribution is 7.90. The van der Waals surface area contributed by atoms with Crippen LogP contribution in [0.25, 0.3) is 6.08 Å². The van der Waals surface area contributed by atoms with Crippen molar-refractivity contribution in [2.75, 3.05) is 12.0 Å². The standard InChI is InChI=1S/C20H25NO5S2/c1-19(2)15-10-11-20(19)13-28(25,26)21(17(20)12-15)18(22)9-6-14-4-7-16(8-5-14)27(3,23)24/h4-9,15,17H,10-13H2,1-3H3/b9-6+/t15-,17-,20-/m1/s1. The van der Waals surface area contributed by atoms with Gasteiger partial charge in [0.1, 0.15) is 0 Å². The lowest BCUT2D eigenvalue weighted by Gasteiger charge is -2.36. The Hall–Kier alpha value is -1.67. The van der Waals surface area contributed by atoms with E-state index in [1.54, 1.807) is 12.1 Å². The lowest BCUT2D eigenvalue weighted by Crippen LogP contribution is -2.43. The summed E-state index contributed by atoms with van der Waals surface area (Å²) in [4.78, 5) is 13.0. The van der Waals surface area contributed by atoms with Crippen LogP contribution in [-0.2, 0) is 24.7 Å². The Labute approximate surface area is 166 Å². The van der Waals surface area contributed by atoms with E-state index in [9.17, 15) is 21.6 Å². The topological polar surface area (TPSA) is 88.6 Å². The van der Waals surface area contributed by atoms with Crippen LogP contribution in [0.5, 0.6) is 0 Å². The minimum Gasteiger partial charge on any atom is -0.269 e. The SMILES string of the molecule is CC1(C)[C@@H]2CC[C@]13CS(=O)(=O)N(C(=O)/C=C/c1ccc(S(C)(=O)=O)cc1)[C@@H]3C2. The molecule has 1 heterocycles. The molecule has 0 radical (unpaired) electrons. The molecule has 3 aliphatic rings. The first-order chi connectivity index (χ1) is 12.9. The maximum Gasteiger partial charge on any atom is 0.260 e. The van der Waals surface area contributed by atoms with Gasteiger partial charge in [-0.2, -0.15) is 0 Å². The molecule has 3 fully saturated rings. The van der Waals surface area contributed by atoms with Crippen LogP contribution in [0.2, 0.25) is 0 Å². The van der Waals surface area contributed by atoms with Crippen molar-refractivity contribution in [1.82, 2.24) is 4.31 Å². The first-order valence-electron chi connectivity index (χ1n) is 9.43. The fourth-order valence-electron chi connectivity index (χ4n) is 5.65. The van der Waals surface area contributed by atoms with Gasteiger partial charge in [0.25, 0.3) is 5.91 Å². The van der Waals surface area contributed by atoms with Gasteiger partial charge in [0, 0.05) is 17.7 Å². The van der Waals surface area contributed by atoms with Gasteiger partial charge in [-0.15, -0.1) is 0 Å². The van der Waals surface area contributed by atoms with Crippen molar-refractivity contribution in [3.63, 3.8) is 0 Å². The number of sulfonamides is 1. The summed E-state index contributed by atoms with van der Waals surface area (Å²) in [6.07, 6.45) is 6.58. The third kappa shape index (κ3) is 2.68. The second kappa shape index (κ2) is 5.92. The summed E-state index contributed by atoms with van der Waals surface area (Å²) >= 11 is 0. The first kappa shape index (κ1) is 19.6. The number of hydrogen-bond donors (Lipinski definition) is 0. The fourth-order valence-corrected chi connectivity index (χ4v) is 8.79. The van der Waals surface area contributed by atoms with Gasteiger partial charge in [0.15, 0.2) is 9.84 Å². The minimum atomic E-state index is -3.64. The summed E-state index contributed by atoms with van der Waals surface area (Å²) in [5.41, 5.74) is 0.225. The van der Waals surface area contributed by atoms with E-state index in [0.29, 0.717) is 11.5 Å². The molecule has 152 valence electrons. The van der Waals surface area contributed by atoms with Gasteiger partial charge in [-0.25, -0.2) is 21.1 Å². The smallest absolute Gasteiger partial charge is 0.260 e. The predicted octanol–water partition coefficient (Wildman–Crippen LogP) is 2.47. The molecule has 1 saturated heterocycles. The summed E-state index contributed by atoms with van der Waals surface area (Å²) < 4.78 is 49.9. The number of hydrogen-bond acceptors (Lipinski definition) is 5. The lowest BCUT2D eigenvalue weighted by molar-refractivity contribution is -0.123. The van der Waals surface area contributed by atoms with Crippen LogP contribution in [0.15, 0.2) is 35.2 Å². The summed E-state index contributed by atoms with van der Waals surface area (Å²) in [7, 11) is -6.92. The van der Waals surface area contributed by atoms with Crippen LogP contribution in [-0.4, -0.2) is 45.1 Å². The summed E-state index contributed by atoms with van der Waals surface area (Å²) in [6.45, 7) is 4.29. The number of sulfone groups is 1. The van der Waals surface area contributed by atoms with Crippen molar-refractivity contribution in [2.24, 2.45) is 16.7 Å². The third-order valence-corrected chi connectivity index (χ3v) is 10.4. The van der Waals surface area contributed by atoms with Crippen molar-refractivity contribution in [3.8, 4) is 0 Å². The van der Waals surface area contributed by atoms with E-state index in [-0.39, 0.29) is 27.5 Å². The average molecular weight is 424 g/mol. The Morgan fingerprint density at radius 1 is 1.21 bits per heavy atom. The maximum atomic E-state index is 12.9. The van der Waals surface area contributed by atoms with Crippen molar-refractivity contribution in [3.05, 3.63) is 35.9 Å². The zero-order valence-corrected chi connectivity index (χ0v) is 17.9. The van der Waals surface area contributed by atoms with E-state index < -0.39 is 25.8 Å². The van der Waals surface area contributed by atoms with E-state index in [1.807, 2.05) is 0 Å². The number of nitrogens with zero attached hydrogens (tertiary/aromatic N) is 1. The molecule has 1 amide bonds. The number of rotatable bonds is 3. The maximum absolute atomic E-state index is 12.9. The average Bonchev–Trinajstić information content (AvgIpc) is 3.06. The molecule has 1 aromatic rings. The van der Waals surface area contributed by atoms with Gasteiger partial charge in [-0.05, 0) is 54.4 Å². The number of carbonyl (C=O) groups excluding carboxylic acids is 1. The monoisotopic (exact) mass is 423 g/mol. The number of fused-ring (bicyclic) bond motifs is 1. The van der Waals surface area contributed by atoms with Gasteiger partial charge in [-0.3, -0.25) is 4.79 Å². The molecule has 4 rings (SSSR count). The summed E-state index contributed by atoms with van der Waals surface area (Å²) in [6, 6.07) is 5.89. The van der Waals surface area contributed by atoms with E-state index in [2.05, 4.69) is 13.8 Å². The Morgan fingerprint density at radius 2 is 1.86 bits per heavy atom. The second-order valence-electron chi connectivity index (χ2n) is 8.93. The normalized spacial score (nSPS) is 32.8.